The predicted molar refractivity (Wildman–Crippen MR) is 61.9 cm³/mol. The molecule has 0 spiro atoms. The summed E-state index contributed by atoms with van der Waals surface area (Å²) < 4.78 is 10.7. The predicted octanol–water partition coefficient (Wildman–Crippen LogP) is 0.0858. The van der Waals surface area contributed by atoms with E-state index in [1.807, 2.05) is 0 Å². The lowest BCUT2D eigenvalue weighted by Crippen LogP contribution is -2.33. The van der Waals surface area contributed by atoms with E-state index in [9.17, 15) is 4.79 Å². The van der Waals surface area contributed by atoms with Gasteiger partial charge in [0.1, 0.15) is 6.10 Å². The highest BCUT2D eigenvalue weighted by atomic mass is 16.5. The summed E-state index contributed by atoms with van der Waals surface area (Å²) in [4.78, 5) is 17.8. The number of hydrogen-bond donors (Lipinski definition) is 2. The van der Waals surface area contributed by atoms with Crippen LogP contribution < -0.4 is 10.9 Å². The second-order valence-electron chi connectivity index (χ2n) is 3.96. The van der Waals surface area contributed by atoms with Gasteiger partial charge in [0.05, 0.1) is 12.2 Å². The summed E-state index contributed by atoms with van der Waals surface area (Å²) in [6.07, 6.45) is 1.36. The molecule has 1 unspecified atom stereocenters. The molecule has 3 rings (SSSR count). The fraction of sp³-hybridized carbons (Fsp3) is 0.364. The van der Waals surface area contributed by atoms with E-state index in [1.165, 1.54) is 6.07 Å². The minimum atomic E-state index is -0.181. The number of ether oxygens (including phenoxy) is 1. The molecule has 1 aliphatic heterocycles. The third-order valence-corrected chi connectivity index (χ3v) is 2.69. The van der Waals surface area contributed by atoms with E-state index in [4.69, 9.17) is 9.26 Å². The first-order valence-corrected chi connectivity index (χ1v) is 5.68. The number of aromatic nitrogens is 3. The Bertz CT molecular complexity index is 565. The third kappa shape index (κ3) is 2.18. The fourth-order valence-electron chi connectivity index (χ4n) is 1.76. The summed E-state index contributed by atoms with van der Waals surface area (Å²) in [5, 5.41) is 7.09. The molecular formula is C11H12N4O3. The minimum absolute atomic E-state index is 0.168. The van der Waals surface area contributed by atoms with Crippen molar-refractivity contribution in [2.45, 2.75) is 6.10 Å². The van der Waals surface area contributed by atoms with Gasteiger partial charge in [0.2, 0.25) is 11.4 Å². The molecule has 1 atom stereocenters. The maximum atomic E-state index is 11.0. The Morgan fingerprint density at radius 3 is 3.06 bits per heavy atom. The molecule has 0 aromatic carbocycles. The Labute approximate surface area is 102 Å². The Morgan fingerprint density at radius 1 is 1.39 bits per heavy atom. The third-order valence-electron chi connectivity index (χ3n) is 2.69. The number of H-pyrrole nitrogens is 1. The van der Waals surface area contributed by atoms with Gasteiger partial charge in [0.15, 0.2) is 0 Å². The van der Waals surface area contributed by atoms with Gasteiger partial charge in [-0.2, -0.15) is 4.98 Å². The molecule has 0 radical (unpaired) electrons. The minimum Gasteiger partial charge on any atom is -0.367 e. The van der Waals surface area contributed by atoms with Crippen LogP contribution in [0, 0.1) is 0 Å². The lowest BCUT2D eigenvalue weighted by Gasteiger charge is -2.20. The second-order valence-corrected chi connectivity index (χ2v) is 3.96. The largest absolute Gasteiger partial charge is 0.367 e. The van der Waals surface area contributed by atoms with Crippen molar-refractivity contribution < 1.29 is 9.26 Å². The van der Waals surface area contributed by atoms with Gasteiger partial charge in [-0.3, -0.25) is 4.79 Å². The normalized spacial score (nSPS) is 19.9. The molecule has 2 aromatic rings. The topological polar surface area (TPSA) is 93.0 Å². The van der Waals surface area contributed by atoms with Crippen LogP contribution in [0.4, 0.5) is 0 Å². The first kappa shape index (κ1) is 11.1. The molecule has 7 nitrogen and oxygen atoms in total. The van der Waals surface area contributed by atoms with Crippen molar-refractivity contribution in [1.29, 1.82) is 0 Å². The molecule has 1 saturated heterocycles. The van der Waals surface area contributed by atoms with Crippen molar-refractivity contribution in [3.05, 3.63) is 34.5 Å². The zero-order chi connectivity index (χ0) is 12.4. The highest BCUT2D eigenvalue weighted by Gasteiger charge is 2.21. The molecule has 0 amide bonds. The zero-order valence-corrected chi connectivity index (χ0v) is 9.55. The standard InChI is InChI=1S/C11H12N4O3/c16-9-2-1-7(5-13-9)11-14-10(15-18-11)8-6-12-3-4-17-8/h1-2,5,8,12H,3-4,6H2,(H,13,16). The number of nitrogens with zero attached hydrogens (tertiary/aromatic N) is 2. The van der Waals surface area contributed by atoms with E-state index in [1.54, 1.807) is 12.3 Å². The van der Waals surface area contributed by atoms with Gasteiger partial charge in [0, 0.05) is 25.4 Å². The molecule has 1 fully saturated rings. The van der Waals surface area contributed by atoms with E-state index >= 15 is 0 Å². The molecule has 94 valence electrons. The monoisotopic (exact) mass is 248 g/mol. The highest BCUT2D eigenvalue weighted by molar-refractivity contribution is 5.50. The van der Waals surface area contributed by atoms with Crippen LogP contribution in [0.15, 0.2) is 27.6 Å². The van der Waals surface area contributed by atoms with E-state index in [0.29, 0.717) is 30.4 Å². The summed E-state index contributed by atoms with van der Waals surface area (Å²) in [7, 11) is 0. The van der Waals surface area contributed by atoms with Crippen LogP contribution in [0.2, 0.25) is 0 Å². The first-order valence-electron chi connectivity index (χ1n) is 5.68. The van der Waals surface area contributed by atoms with Crippen LogP contribution >= 0.6 is 0 Å². The number of morpholine rings is 1. The van der Waals surface area contributed by atoms with E-state index in [2.05, 4.69) is 20.4 Å². The van der Waals surface area contributed by atoms with Crippen molar-refractivity contribution in [3.63, 3.8) is 0 Å². The van der Waals surface area contributed by atoms with Crippen molar-refractivity contribution in [1.82, 2.24) is 20.4 Å². The molecule has 2 N–H and O–H groups in total. The lowest BCUT2D eigenvalue weighted by atomic mass is 10.2. The van der Waals surface area contributed by atoms with Crippen molar-refractivity contribution >= 4 is 0 Å². The van der Waals surface area contributed by atoms with Gasteiger partial charge < -0.3 is 19.6 Å². The van der Waals surface area contributed by atoms with Crippen LogP contribution in [0.1, 0.15) is 11.9 Å². The Hall–Kier alpha value is -1.99. The average Bonchev–Trinajstić information content (AvgIpc) is 2.90. The first-order chi connectivity index (χ1) is 8.83. The maximum absolute atomic E-state index is 11.0. The summed E-state index contributed by atoms with van der Waals surface area (Å²) in [6.45, 7) is 2.14. The van der Waals surface area contributed by atoms with Crippen LogP contribution in [-0.2, 0) is 4.74 Å². The highest BCUT2D eigenvalue weighted by Crippen LogP contribution is 2.20. The Morgan fingerprint density at radius 2 is 2.33 bits per heavy atom. The van der Waals surface area contributed by atoms with Gasteiger partial charge >= 0.3 is 0 Å². The number of nitrogens with one attached hydrogen (secondary N) is 2. The van der Waals surface area contributed by atoms with Crippen molar-refractivity contribution in [2.24, 2.45) is 0 Å². The van der Waals surface area contributed by atoms with Crippen LogP contribution in [-0.4, -0.2) is 34.8 Å². The lowest BCUT2D eigenvalue weighted by molar-refractivity contribution is 0.0208. The van der Waals surface area contributed by atoms with Crippen LogP contribution in [0.3, 0.4) is 0 Å². The van der Waals surface area contributed by atoms with Gasteiger partial charge in [-0.15, -0.1) is 0 Å². The van der Waals surface area contributed by atoms with E-state index in [-0.39, 0.29) is 11.7 Å². The molecule has 0 saturated carbocycles. The Balaban J connectivity index is 1.84. The molecule has 3 heterocycles. The SMILES string of the molecule is O=c1ccc(-c2nc(C3CNCCO3)no2)c[nH]1. The van der Waals surface area contributed by atoms with Gasteiger partial charge in [-0.25, -0.2) is 0 Å². The van der Waals surface area contributed by atoms with E-state index < -0.39 is 0 Å². The molecule has 0 bridgehead atoms. The molecule has 1 aliphatic rings. The zero-order valence-electron chi connectivity index (χ0n) is 9.55. The van der Waals surface area contributed by atoms with Crippen LogP contribution in [0.5, 0.6) is 0 Å². The van der Waals surface area contributed by atoms with Crippen LogP contribution in [0.25, 0.3) is 11.5 Å². The van der Waals surface area contributed by atoms with Gasteiger partial charge in [0.25, 0.3) is 5.89 Å². The summed E-state index contributed by atoms with van der Waals surface area (Å²) in [6, 6.07) is 3.05. The number of pyridine rings is 1. The quantitative estimate of drug-likeness (QED) is 0.782. The summed E-state index contributed by atoms with van der Waals surface area (Å²) in [5.74, 6) is 0.888. The van der Waals surface area contributed by atoms with E-state index in [0.717, 1.165) is 6.54 Å². The molecule has 2 aromatic heterocycles. The molecule has 0 aliphatic carbocycles. The molecular weight excluding hydrogens is 236 g/mol. The molecule has 7 heteroatoms. The molecule has 18 heavy (non-hydrogen) atoms. The van der Waals surface area contributed by atoms with Gasteiger partial charge in [-0.1, -0.05) is 5.16 Å². The smallest absolute Gasteiger partial charge is 0.259 e. The summed E-state index contributed by atoms with van der Waals surface area (Å²) in [5.41, 5.74) is 0.510. The van der Waals surface area contributed by atoms with Crippen molar-refractivity contribution in [2.75, 3.05) is 19.7 Å². The average molecular weight is 248 g/mol. The van der Waals surface area contributed by atoms with Crippen molar-refractivity contribution in [3.8, 4) is 11.5 Å². The number of aromatic amines is 1. The number of hydrogen-bond acceptors (Lipinski definition) is 6. The van der Waals surface area contributed by atoms with Gasteiger partial charge in [-0.05, 0) is 6.07 Å². The second kappa shape index (κ2) is 4.71. The maximum Gasteiger partial charge on any atom is 0.259 e. The fourth-order valence-corrected chi connectivity index (χ4v) is 1.76. The number of rotatable bonds is 2. The summed E-state index contributed by atoms with van der Waals surface area (Å²) >= 11 is 0. The Kier molecular flexibility index (Phi) is 2.91.